The Morgan fingerprint density at radius 2 is 1.18 bits per heavy atom. The van der Waals surface area contributed by atoms with Crippen LogP contribution in [-0.2, 0) is 9.05 Å². The molecule has 0 amide bonds. The van der Waals surface area contributed by atoms with Crippen molar-refractivity contribution < 1.29 is 52.3 Å². The Morgan fingerprint density at radius 1 is 0.818 bits per heavy atom. The molecule has 22 heavy (non-hydrogen) atoms. The molecule has 1 atom stereocenters. The predicted molar refractivity (Wildman–Crippen MR) is 54.4 cm³/mol. The minimum Gasteiger partial charge on any atom is -0.224 e. The maximum Gasteiger partial charge on any atom is 0.431 e. The van der Waals surface area contributed by atoms with E-state index in [2.05, 4.69) is 10.7 Å². The van der Waals surface area contributed by atoms with Crippen molar-refractivity contribution in [1.82, 2.24) is 0 Å². The summed E-state index contributed by atoms with van der Waals surface area (Å²) in [6, 6.07) is 0. The summed E-state index contributed by atoms with van der Waals surface area (Å²) in [6.45, 7) is 0. The lowest BCUT2D eigenvalue weighted by atomic mass is 9.88. The summed E-state index contributed by atoms with van der Waals surface area (Å²) in [5.41, 5.74) is -6.13. The Kier molecular flexibility index (Phi) is 6.08. The average molecular weight is 393 g/mol. The van der Waals surface area contributed by atoms with Crippen molar-refractivity contribution in [3.8, 4) is 0 Å². The van der Waals surface area contributed by atoms with E-state index in [4.69, 9.17) is 0 Å². The van der Waals surface area contributed by atoms with Crippen molar-refractivity contribution in [1.29, 1.82) is 0 Å². The van der Waals surface area contributed by atoms with E-state index in [9.17, 15) is 52.3 Å². The van der Waals surface area contributed by atoms with Gasteiger partial charge in [-0.2, -0.15) is 39.5 Å². The van der Waals surface area contributed by atoms with Crippen molar-refractivity contribution in [2.75, 3.05) is 5.75 Å². The highest BCUT2D eigenvalue weighted by atomic mass is 35.7. The molecule has 0 aromatic carbocycles. The third-order valence-corrected chi connectivity index (χ3v) is 3.79. The van der Waals surface area contributed by atoms with Gasteiger partial charge in [-0.3, -0.25) is 0 Å². The molecule has 0 bridgehead atoms. The summed E-state index contributed by atoms with van der Waals surface area (Å²) in [5.74, 6) is -5.07. The zero-order valence-corrected chi connectivity index (χ0v) is 11.7. The molecule has 14 heteroatoms. The van der Waals surface area contributed by atoms with Crippen molar-refractivity contribution in [2.24, 2.45) is 5.92 Å². The van der Waals surface area contributed by atoms with Gasteiger partial charge in [-0.25, -0.2) is 12.8 Å². The van der Waals surface area contributed by atoms with Crippen LogP contribution in [0.25, 0.3) is 0 Å². The Bertz CT molecular complexity index is 463. The second-order valence-corrected chi connectivity index (χ2v) is 7.17. The van der Waals surface area contributed by atoms with Crippen LogP contribution in [0.1, 0.15) is 12.8 Å². The van der Waals surface area contributed by atoms with E-state index in [0.717, 1.165) is 0 Å². The molecule has 1 unspecified atom stereocenters. The SMILES string of the molecule is O=S(=O)(Cl)CCC(CC(F)(C(F)(F)F)C(F)(F)F)C(F)(F)F. The Balaban J connectivity index is 5.60. The molecule has 0 aromatic rings. The Labute approximate surface area is 121 Å². The average Bonchev–Trinajstić information content (AvgIpc) is 2.17. The zero-order valence-electron chi connectivity index (χ0n) is 10.1. The van der Waals surface area contributed by atoms with Gasteiger partial charge >= 0.3 is 18.5 Å². The van der Waals surface area contributed by atoms with E-state index in [1.807, 2.05) is 0 Å². The van der Waals surface area contributed by atoms with Gasteiger partial charge in [-0.1, -0.05) is 0 Å². The third-order valence-electron chi connectivity index (χ3n) is 2.60. The van der Waals surface area contributed by atoms with Gasteiger partial charge in [-0.05, 0) is 6.42 Å². The molecular formula is C8H7ClF10O2S. The first-order chi connectivity index (χ1) is 9.31. The molecule has 0 heterocycles. The fraction of sp³-hybridized carbons (Fsp3) is 1.00. The largest absolute Gasteiger partial charge is 0.431 e. The lowest BCUT2D eigenvalue weighted by molar-refractivity contribution is -0.352. The van der Waals surface area contributed by atoms with E-state index in [0.29, 0.717) is 0 Å². The molecule has 0 spiro atoms. The van der Waals surface area contributed by atoms with E-state index in [1.165, 1.54) is 0 Å². The van der Waals surface area contributed by atoms with Crippen LogP contribution in [0.2, 0.25) is 0 Å². The van der Waals surface area contributed by atoms with Crippen molar-refractivity contribution in [2.45, 2.75) is 37.0 Å². The molecule has 0 aliphatic heterocycles. The molecule has 0 fully saturated rings. The van der Waals surface area contributed by atoms with Crippen LogP contribution in [0.15, 0.2) is 0 Å². The highest BCUT2D eigenvalue weighted by Gasteiger charge is 2.73. The van der Waals surface area contributed by atoms with Gasteiger partial charge in [0, 0.05) is 17.1 Å². The van der Waals surface area contributed by atoms with Crippen molar-refractivity contribution in [3.05, 3.63) is 0 Å². The van der Waals surface area contributed by atoms with Gasteiger partial charge in [0.25, 0.3) is 5.67 Å². The smallest absolute Gasteiger partial charge is 0.224 e. The van der Waals surface area contributed by atoms with Gasteiger partial charge in [0.1, 0.15) is 0 Å². The van der Waals surface area contributed by atoms with Gasteiger partial charge in [0.2, 0.25) is 9.05 Å². The molecule has 0 rings (SSSR count). The van der Waals surface area contributed by atoms with Crippen molar-refractivity contribution >= 4 is 19.7 Å². The standard InChI is InChI=1S/C8H7ClF10O2S/c9-22(20,21)2-1-4(6(11,12)13)3-5(10,7(14,15)16)8(17,18)19/h4H,1-3H2. The first kappa shape index (κ1) is 21.5. The van der Waals surface area contributed by atoms with Crippen LogP contribution in [0.5, 0.6) is 0 Å². The normalized spacial score (nSPS) is 16.7. The highest BCUT2D eigenvalue weighted by molar-refractivity contribution is 8.13. The topological polar surface area (TPSA) is 34.1 Å². The van der Waals surface area contributed by atoms with Gasteiger partial charge in [-0.15, -0.1) is 0 Å². The third kappa shape index (κ3) is 5.63. The first-order valence-corrected chi connectivity index (χ1v) is 7.60. The Hall–Kier alpha value is -0.460. The molecule has 0 saturated carbocycles. The van der Waals surface area contributed by atoms with Gasteiger partial charge < -0.3 is 0 Å². The number of rotatable bonds is 5. The van der Waals surface area contributed by atoms with E-state index < -0.39 is 57.8 Å². The summed E-state index contributed by atoms with van der Waals surface area (Å²) in [7, 11) is -0.0737. The van der Waals surface area contributed by atoms with Crippen LogP contribution in [-0.4, -0.2) is 38.4 Å². The number of halogens is 11. The van der Waals surface area contributed by atoms with E-state index in [1.54, 1.807) is 0 Å². The highest BCUT2D eigenvalue weighted by Crippen LogP contribution is 2.52. The lowest BCUT2D eigenvalue weighted by Crippen LogP contribution is -2.55. The van der Waals surface area contributed by atoms with E-state index >= 15 is 0 Å². The lowest BCUT2D eigenvalue weighted by Gasteiger charge is -2.33. The summed E-state index contributed by atoms with van der Waals surface area (Å²) in [4.78, 5) is 0. The molecule has 0 N–H and O–H groups in total. The summed E-state index contributed by atoms with van der Waals surface area (Å²) >= 11 is 0. The fourth-order valence-corrected chi connectivity index (χ4v) is 2.23. The monoisotopic (exact) mass is 392 g/mol. The van der Waals surface area contributed by atoms with Crippen LogP contribution in [0.4, 0.5) is 43.9 Å². The molecule has 134 valence electrons. The summed E-state index contributed by atoms with van der Waals surface area (Å²) < 4.78 is 145. The van der Waals surface area contributed by atoms with Crippen LogP contribution in [0, 0.1) is 5.92 Å². The maximum atomic E-state index is 13.3. The zero-order chi connectivity index (χ0) is 18.2. The van der Waals surface area contributed by atoms with E-state index in [-0.39, 0.29) is 0 Å². The number of hydrogen-bond acceptors (Lipinski definition) is 2. The number of alkyl halides is 10. The Morgan fingerprint density at radius 3 is 1.41 bits per heavy atom. The predicted octanol–water partition coefficient (Wildman–Crippen LogP) is 4.35. The number of hydrogen-bond donors (Lipinski definition) is 0. The minimum absolute atomic E-state index is 1.56. The second-order valence-electron chi connectivity index (χ2n) is 4.27. The molecule has 0 saturated heterocycles. The van der Waals surface area contributed by atoms with Crippen LogP contribution < -0.4 is 0 Å². The molecule has 2 nitrogen and oxygen atoms in total. The van der Waals surface area contributed by atoms with Crippen molar-refractivity contribution in [3.63, 3.8) is 0 Å². The minimum atomic E-state index is -6.66. The molecular weight excluding hydrogens is 386 g/mol. The molecule has 0 aliphatic carbocycles. The molecule has 0 aliphatic rings. The van der Waals surface area contributed by atoms with Crippen LogP contribution >= 0.6 is 10.7 Å². The van der Waals surface area contributed by atoms with Gasteiger partial charge in [0.05, 0.1) is 11.7 Å². The quantitative estimate of drug-likeness (QED) is 0.515. The summed E-state index contributed by atoms with van der Waals surface area (Å²) in [5, 5.41) is 0. The van der Waals surface area contributed by atoms with Gasteiger partial charge in [0.15, 0.2) is 0 Å². The molecule has 0 radical (unpaired) electrons. The fourth-order valence-electron chi connectivity index (χ4n) is 1.40. The second kappa shape index (κ2) is 6.21. The summed E-state index contributed by atoms with van der Waals surface area (Å²) in [6.07, 6.45) is -23.8. The van der Waals surface area contributed by atoms with Crippen LogP contribution in [0.3, 0.4) is 0 Å². The maximum absolute atomic E-state index is 13.3. The molecule has 0 aromatic heterocycles. The first-order valence-electron chi connectivity index (χ1n) is 5.12.